The molecule has 1 saturated heterocycles. The Balaban J connectivity index is 1.71. The summed E-state index contributed by atoms with van der Waals surface area (Å²) in [6.45, 7) is 6.86. The van der Waals surface area contributed by atoms with Gasteiger partial charge < -0.3 is 10.3 Å². The van der Waals surface area contributed by atoms with E-state index in [4.69, 9.17) is 5.10 Å². The number of nitrogens with zero attached hydrogens (tertiary/aromatic N) is 3. The van der Waals surface area contributed by atoms with Crippen molar-refractivity contribution >= 4 is 6.21 Å². The molecule has 0 saturated carbocycles. The van der Waals surface area contributed by atoms with Gasteiger partial charge in [0.15, 0.2) is 0 Å². The van der Waals surface area contributed by atoms with Crippen molar-refractivity contribution in [3.63, 3.8) is 0 Å². The van der Waals surface area contributed by atoms with Gasteiger partial charge in [0.05, 0.1) is 12.3 Å². The molecule has 3 rings (SSSR count). The second kappa shape index (κ2) is 6.75. The van der Waals surface area contributed by atoms with E-state index in [-0.39, 0.29) is 0 Å². The number of aryl methyl sites for hydroxylation is 2. The maximum absolute atomic E-state index is 4.69. The molecule has 1 aliphatic heterocycles. The maximum Gasteiger partial charge on any atom is 0.104 e. The Labute approximate surface area is 131 Å². The van der Waals surface area contributed by atoms with Gasteiger partial charge in [-0.2, -0.15) is 5.10 Å². The average molecular weight is 297 g/mol. The number of imidazole rings is 1. The van der Waals surface area contributed by atoms with E-state index in [1.165, 1.54) is 5.56 Å². The van der Waals surface area contributed by atoms with Gasteiger partial charge in [0.25, 0.3) is 0 Å². The molecule has 5 heteroatoms. The van der Waals surface area contributed by atoms with Crippen molar-refractivity contribution in [2.24, 2.45) is 5.10 Å². The first-order valence-corrected chi connectivity index (χ1v) is 7.81. The molecule has 1 unspecified atom stereocenters. The second-order valence-electron chi connectivity index (χ2n) is 5.79. The summed E-state index contributed by atoms with van der Waals surface area (Å²) in [5.74, 6) is 0.931. The van der Waals surface area contributed by atoms with E-state index in [0.717, 1.165) is 43.3 Å². The maximum atomic E-state index is 4.69. The molecule has 5 nitrogen and oxygen atoms in total. The molecule has 1 atom stereocenters. The lowest BCUT2D eigenvalue weighted by Crippen LogP contribution is -2.49. The lowest BCUT2D eigenvalue weighted by atomic mass is 10.0. The van der Waals surface area contributed by atoms with Gasteiger partial charge in [0, 0.05) is 25.3 Å². The van der Waals surface area contributed by atoms with E-state index < -0.39 is 0 Å². The number of H-pyrrole nitrogens is 1. The Hall–Kier alpha value is -2.14. The minimum Gasteiger partial charge on any atom is -0.346 e. The van der Waals surface area contributed by atoms with E-state index in [2.05, 4.69) is 50.6 Å². The van der Waals surface area contributed by atoms with Gasteiger partial charge in [0.1, 0.15) is 11.5 Å². The highest BCUT2D eigenvalue weighted by atomic mass is 15.5. The molecule has 0 bridgehead atoms. The van der Waals surface area contributed by atoms with E-state index in [9.17, 15) is 0 Å². The molecule has 0 spiro atoms. The predicted octanol–water partition coefficient (Wildman–Crippen LogP) is 1.88. The van der Waals surface area contributed by atoms with Crippen LogP contribution in [-0.4, -0.2) is 46.9 Å². The summed E-state index contributed by atoms with van der Waals surface area (Å²) < 4.78 is 0. The van der Waals surface area contributed by atoms with Crippen LogP contribution in [-0.2, 0) is 6.42 Å². The monoisotopic (exact) mass is 297 g/mol. The number of benzene rings is 1. The molecule has 2 heterocycles. The standard InChI is InChI=1S/C17H23N5/c1-13-17(21-14(2)20-13)12-19-22-9-8-18-11-16(22)10-15-6-4-3-5-7-15/h3-7,12,16,18H,8-11H2,1-2H3,(H,20,21)/b19-12+. The molecule has 0 aliphatic carbocycles. The molecule has 22 heavy (non-hydrogen) atoms. The third-order valence-corrected chi connectivity index (χ3v) is 4.00. The van der Waals surface area contributed by atoms with Crippen molar-refractivity contribution in [1.82, 2.24) is 20.3 Å². The Kier molecular flexibility index (Phi) is 4.53. The molecule has 1 aliphatic rings. The van der Waals surface area contributed by atoms with E-state index in [0.29, 0.717) is 6.04 Å². The van der Waals surface area contributed by atoms with Crippen LogP contribution in [0.4, 0.5) is 0 Å². The van der Waals surface area contributed by atoms with Gasteiger partial charge in [-0.3, -0.25) is 5.01 Å². The predicted molar refractivity (Wildman–Crippen MR) is 89.2 cm³/mol. The van der Waals surface area contributed by atoms with E-state index in [1.54, 1.807) is 0 Å². The molecule has 2 N–H and O–H groups in total. The zero-order valence-electron chi connectivity index (χ0n) is 13.2. The Bertz CT molecular complexity index is 632. The number of hydrogen-bond donors (Lipinski definition) is 2. The van der Waals surface area contributed by atoms with Crippen LogP contribution >= 0.6 is 0 Å². The highest BCUT2D eigenvalue weighted by Crippen LogP contribution is 2.12. The van der Waals surface area contributed by atoms with Crippen molar-refractivity contribution in [3.8, 4) is 0 Å². The summed E-state index contributed by atoms with van der Waals surface area (Å²) in [6.07, 6.45) is 2.88. The molecular weight excluding hydrogens is 274 g/mol. The lowest BCUT2D eigenvalue weighted by molar-refractivity contribution is 0.168. The zero-order chi connectivity index (χ0) is 15.4. The molecule has 0 radical (unpaired) electrons. The van der Waals surface area contributed by atoms with Gasteiger partial charge in [-0.25, -0.2) is 4.98 Å². The summed E-state index contributed by atoms with van der Waals surface area (Å²) in [7, 11) is 0. The normalized spacial score (nSPS) is 19.0. The molecule has 116 valence electrons. The first kappa shape index (κ1) is 14.8. The second-order valence-corrected chi connectivity index (χ2v) is 5.79. The van der Waals surface area contributed by atoms with Crippen LogP contribution in [0.2, 0.25) is 0 Å². The van der Waals surface area contributed by atoms with Crippen LogP contribution in [0, 0.1) is 13.8 Å². The number of hydrogen-bond acceptors (Lipinski definition) is 4. The van der Waals surface area contributed by atoms with E-state index >= 15 is 0 Å². The lowest BCUT2D eigenvalue weighted by Gasteiger charge is -2.34. The largest absolute Gasteiger partial charge is 0.346 e. The van der Waals surface area contributed by atoms with E-state index in [1.807, 2.05) is 20.1 Å². The number of rotatable bonds is 4. The number of nitrogens with one attached hydrogen (secondary N) is 2. The summed E-state index contributed by atoms with van der Waals surface area (Å²) in [4.78, 5) is 7.67. The molecule has 2 aromatic rings. The SMILES string of the molecule is Cc1nc(/C=N/N2CCNCC2Cc2ccccc2)c(C)[nH]1. The van der Waals surface area contributed by atoms with Crippen molar-refractivity contribution in [3.05, 3.63) is 53.1 Å². The van der Waals surface area contributed by atoms with Crippen LogP contribution in [0.25, 0.3) is 0 Å². The first-order chi connectivity index (χ1) is 10.7. The third-order valence-electron chi connectivity index (χ3n) is 4.00. The fourth-order valence-corrected chi connectivity index (χ4v) is 2.85. The molecule has 1 aromatic carbocycles. The van der Waals surface area contributed by atoms with Crippen molar-refractivity contribution < 1.29 is 0 Å². The quantitative estimate of drug-likeness (QED) is 0.847. The van der Waals surface area contributed by atoms with Crippen molar-refractivity contribution in [2.75, 3.05) is 19.6 Å². The highest BCUT2D eigenvalue weighted by molar-refractivity contribution is 5.78. The highest BCUT2D eigenvalue weighted by Gasteiger charge is 2.20. The third kappa shape index (κ3) is 3.54. The minimum absolute atomic E-state index is 0.382. The van der Waals surface area contributed by atoms with Gasteiger partial charge in [-0.05, 0) is 25.8 Å². The molecule has 1 aromatic heterocycles. The smallest absolute Gasteiger partial charge is 0.104 e. The number of aromatic nitrogens is 2. The summed E-state index contributed by atoms with van der Waals surface area (Å²) in [6, 6.07) is 11.0. The zero-order valence-corrected chi connectivity index (χ0v) is 13.2. The van der Waals surface area contributed by atoms with Crippen LogP contribution in [0.3, 0.4) is 0 Å². The average Bonchev–Trinajstić information content (AvgIpc) is 2.85. The Morgan fingerprint density at radius 3 is 2.86 bits per heavy atom. The fraction of sp³-hybridized carbons (Fsp3) is 0.412. The van der Waals surface area contributed by atoms with Crippen LogP contribution < -0.4 is 5.32 Å². The summed E-state index contributed by atoms with van der Waals surface area (Å²) in [5, 5.41) is 10.3. The van der Waals surface area contributed by atoms with Gasteiger partial charge in [-0.1, -0.05) is 30.3 Å². The minimum atomic E-state index is 0.382. The first-order valence-electron chi connectivity index (χ1n) is 7.81. The summed E-state index contributed by atoms with van der Waals surface area (Å²) in [5.41, 5.74) is 3.34. The van der Waals surface area contributed by atoms with Crippen LogP contribution in [0.5, 0.6) is 0 Å². The number of piperazine rings is 1. The van der Waals surface area contributed by atoms with Crippen molar-refractivity contribution in [2.45, 2.75) is 26.3 Å². The van der Waals surface area contributed by atoms with Crippen molar-refractivity contribution in [1.29, 1.82) is 0 Å². The Morgan fingerprint density at radius 1 is 1.32 bits per heavy atom. The van der Waals surface area contributed by atoms with Crippen LogP contribution in [0.15, 0.2) is 35.4 Å². The molecular formula is C17H23N5. The number of hydrazone groups is 1. The Morgan fingerprint density at radius 2 is 2.14 bits per heavy atom. The van der Waals surface area contributed by atoms with Crippen LogP contribution in [0.1, 0.15) is 22.8 Å². The molecule has 0 amide bonds. The van der Waals surface area contributed by atoms with Gasteiger partial charge >= 0.3 is 0 Å². The van der Waals surface area contributed by atoms with Gasteiger partial charge in [0.2, 0.25) is 0 Å². The van der Waals surface area contributed by atoms with Gasteiger partial charge in [-0.15, -0.1) is 0 Å². The number of aromatic amines is 1. The summed E-state index contributed by atoms with van der Waals surface area (Å²) >= 11 is 0. The topological polar surface area (TPSA) is 56.3 Å². The molecule has 1 fully saturated rings. The fourth-order valence-electron chi connectivity index (χ4n) is 2.85.